The molecule has 0 aliphatic heterocycles. The summed E-state index contributed by atoms with van der Waals surface area (Å²) in [6.07, 6.45) is 4.04. The van der Waals surface area contributed by atoms with Crippen LogP contribution in [0.5, 0.6) is 0 Å². The van der Waals surface area contributed by atoms with Gasteiger partial charge in [-0.3, -0.25) is 9.48 Å². The number of nitrogens with one attached hydrogen (secondary N) is 1. The van der Waals surface area contributed by atoms with Crippen LogP contribution in [0.15, 0.2) is 6.20 Å². The third-order valence-corrected chi connectivity index (χ3v) is 3.79. The van der Waals surface area contributed by atoms with Crippen molar-refractivity contribution in [3.8, 4) is 0 Å². The molecule has 17 heavy (non-hydrogen) atoms. The zero-order chi connectivity index (χ0) is 12.6. The molecule has 0 radical (unpaired) electrons. The SMILES string of the molecule is CC(C)C1(CNC(=O)c2nn(C)cc2N)CC1. The number of carbonyl (C=O) groups is 1. The molecule has 1 aromatic rings. The van der Waals surface area contributed by atoms with E-state index in [0.717, 1.165) is 6.54 Å². The molecule has 0 unspecified atom stereocenters. The number of nitrogens with zero attached hydrogens (tertiary/aromatic N) is 2. The molecule has 1 aliphatic carbocycles. The maximum atomic E-state index is 11.9. The number of aryl methyl sites for hydroxylation is 1. The Labute approximate surface area is 101 Å². The lowest BCUT2D eigenvalue weighted by atomic mass is 9.92. The molecule has 1 saturated carbocycles. The van der Waals surface area contributed by atoms with Gasteiger partial charge in [0.15, 0.2) is 5.69 Å². The van der Waals surface area contributed by atoms with Gasteiger partial charge < -0.3 is 11.1 Å². The van der Waals surface area contributed by atoms with E-state index in [-0.39, 0.29) is 5.91 Å². The Morgan fingerprint density at radius 3 is 2.71 bits per heavy atom. The average Bonchev–Trinajstić information content (AvgIpc) is 2.97. The van der Waals surface area contributed by atoms with E-state index in [1.807, 2.05) is 0 Å². The van der Waals surface area contributed by atoms with Gasteiger partial charge >= 0.3 is 0 Å². The van der Waals surface area contributed by atoms with Crippen LogP contribution in [0.25, 0.3) is 0 Å². The summed E-state index contributed by atoms with van der Waals surface area (Å²) in [7, 11) is 1.75. The van der Waals surface area contributed by atoms with Crippen LogP contribution >= 0.6 is 0 Å². The summed E-state index contributed by atoms with van der Waals surface area (Å²) in [6.45, 7) is 5.13. The topological polar surface area (TPSA) is 72.9 Å². The Bertz CT molecular complexity index is 432. The number of hydrogen-bond acceptors (Lipinski definition) is 3. The predicted molar refractivity (Wildman–Crippen MR) is 66.5 cm³/mol. The number of amides is 1. The summed E-state index contributed by atoms with van der Waals surface area (Å²) in [5, 5.41) is 7.00. The Kier molecular flexibility index (Phi) is 2.85. The van der Waals surface area contributed by atoms with Crippen molar-refractivity contribution in [3.63, 3.8) is 0 Å². The minimum absolute atomic E-state index is 0.171. The number of nitrogen functional groups attached to an aromatic ring is 1. The molecule has 3 N–H and O–H groups in total. The molecule has 94 valence electrons. The van der Waals surface area contributed by atoms with Gasteiger partial charge in [0.05, 0.1) is 5.69 Å². The predicted octanol–water partition coefficient (Wildman–Crippen LogP) is 1.17. The van der Waals surface area contributed by atoms with Gasteiger partial charge in [-0.15, -0.1) is 0 Å². The van der Waals surface area contributed by atoms with Crippen LogP contribution in [0.2, 0.25) is 0 Å². The fourth-order valence-corrected chi connectivity index (χ4v) is 2.14. The highest BCUT2D eigenvalue weighted by molar-refractivity contribution is 5.97. The highest BCUT2D eigenvalue weighted by Crippen LogP contribution is 2.51. The molecule has 0 atom stereocenters. The first-order valence-corrected chi connectivity index (χ1v) is 6.02. The number of anilines is 1. The molecule has 5 heteroatoms. The van der Waals surface area contributed by atoms with Crippen molar-refractivity contribution in [2.45, 2.75) is 26.7 Å². The maximum absolute atomic E-state index is 11.9. The molecule has 0 saturated heterocycles. The lowest BCUT2D eigenvalue weighted by Gasteiger charge is -2.19. The molecular weight excluding hydrogens is 216 g/mol. The van der Waals surface area contributed by atoms with Gasteiger partial charge in [-0.2, -0.15) is 5.10 Å². The minimum Gasteiger partial charge on any atom is -0.396 e. The number of hydrogen-bond donors (Lipinski definition) is 2. The van der Waals surface area contributed by atoms with E-state index in [1.54, 1.807) is 17.9 Å². The van der Waals surface area contributed by atoms with Crippen LogP contribution in [0.4, 0.5) is 5.69 Å². The van der Waals surface area contributed by atoms with E-state index in [2.05, 4.69) is 24.3 Å². The molecule has 1 aliphatic rings. The van der Waals surface area contributed by atoms with Crippen LogP contribution in [-0.2, 0) is 7.05 Å². The summed E-state index contributed by atoms with van der Waals surface area (Å²) in [6, 6.07) is 0. The summed E-state index contributed by atoms with van der Waals surface area (Å²) in [5.41, 5.74) is 6.77. The normalized spacial score (nSPS) is 17.2. The van der Waals surface area contributed by atoms with E-state index in [1.165, 1.54) is 12.8 Å². The molecule has 1 aromatic heterocycles. The number of nitrogens with two attached hydrogens (primary N) is 1. The maximum Gasteiger partial charge on any atom is 0.273 e. The third kappa shape index (κ3) is 2.28. The second kappa shape index (κ2) is 4.05. The highest BCUT2D eigenvalue weighted by atomic mass is 16.2. The van der Waals surface area contributed by atoms with Gasteiger partial charge in [-0.25, -0.2) is 0 Å². The smallest absolute Gasteiger partial charge is 0.273 e. The monoisotopic (exact) mass is 236 g/mol. The Hall–Kier alpha value is -1.52. The van der Waals surface area contributed by atoms with Crippen LogP contribution in [0.1, 0.15) is 37.2 Å². The molecule has 0 bridgehead atoms. The average molecular weight is 236 g/mol. The molecule has 1 fully saturated rings. The van der Waals surface area contributed by atoms with Gasteiger partial charge in [-0.1, -0.05) is 13.8 Å². The Morgan fingerprint density at radius 2 is 2.29 bits per heavy atom. The van der Waals surface area contributed by atoms with Crippen LogP contribution in [0.3, 0.4) is 0 Å². The quantitative estimate of drug-likeness (QED) is 0.824. The lowest BCUT2D eigenvalue weighted by molar-refractivity contribution is 0.0935. The summed E-state index contributed by atoms with van der Waals surface area (Å²) in [5.74, 6) is 0.430. The summed E-state index contributed by atoms with van der Waals surface area (Å²) >= 11 is 0. The minimum atomic E-state index is -0.171. The number of rotatable bonds is 4. The molecule has 5 nitrogen and oxygen atoms in total. The molecule has 0 aromatic carbocycles. The fourth-order valence-electron chi connectivity index (χ4n) is 2.14. The molecule has 1 heterocycles. The van der Waals surface area contributed by atoms with Crippen molar-refractivity contribution in [1.82, 2.24) is 15.1 Å². The van der Waals surface area contributed by atoms with Crippen molar-refractivity contribution >= 4 is 11.6 Å². The van der Waals surface area contributed by atoms with E-state index in [4.69, 9.17) is 5.73 Å². The second-order valence-corrected chi connectivity index (χ2v) is 5.31. The van der Waals surface area contributed by atoms with Crippen molar-refractivity contribution in [3.05, 3.63) is 11.9 Å². The van der Waals surface area contributed by atoms with E-state index in [0.29, 0.717) is 22.7 Å². The standard InChI is InChI=1S/C12H20N4O/c1-8(2)12(4-5-12)7-14-11(17)10-9(13)6-16(3)15-10/h6,8H,4-5,7,13H2,1-3H3,(H,14,17). The van der Waals surface area contributed by atoms with E-state index >= 15 is 0 Å². The van der Waals surface area contributed by atoms with Gasteiger partial charge in [0.2, 0.25) is 0 Å². The van der Waals surface area contributed by atoms with Crippen molar-refractivity contribution in [1.29, 1.82) is 0 Å². The summed E-state index contributed by atoms with van der Waals surface area (Å²) < 4.78 is 1.56. The van der Waals surface area contributed by atoms with Crippen LogP contribution in [0, 0.1) is 11.3 Å². The fraction of sp³-hybridized carbons (Fsp3) is 0.667. The van der Waals surface area contributed by atoms with E-state index < -0.39 is 0 Å². The van der Waals surface area contributed by atoms with Crippen molar-refractivity contribution in [2.75, 3.05) is 12.3 Å². The lowest BCUT2D eigenvalue weighted by Crippen LogP contribution is -2.33. The van der Waals surface area contributed by atoms with Gasteiger partial charge in [0.25, 0.3) is 5.91 Å². The van der Waals surface area contributed by atoms with Crippen molar-refractivity contribution in [2.24, 2.45) is 18.4 Å². The van der Waals surface area contributed by atoms with E-state index in [9.17, 15) is 4.79 Å². The Balaban J connectivity index is 1.96. The molecular formula is C12H20N4O. The first kappa shape index (κ1) is 12.0. The molecule has 1 amide bonds. The van der Waals surface area contributed by atoms with Crippen LogP contribution < -0.4 is 11.1 Å². The van der Waals surface area contributed by atoms with Gasteiger partial charge in [0.1, 0.15) is 0 Å². The second-order valence-electron chi connectivity index (χ2n) is 5.31. The zero-order valence-electron chi connectivity index (χ0n) is 10.7. The highest BCUT2D eigenvalue weighted by Gasteiger charge is 2.45. The molecule has 0 spiro atoms. The first-order chi connectivity index (χ1) is 7.94. The Morgan fingerprint density at radius 1 is 1.65 bits per heavy atom. The largest absolute Gasteiger partial charge is 0.396 e. The molecule has 2 rings (SSSR count). The zero-order valence-corrected chi connectivity index (χ0v) is 10.7. The summed E-state index contributed by atoms with van der Waals surface area (Å²) in [4.78, 5) is 11.9. The first-order valence-electron chi connectivity index (χ1n) is 6.02. The van der Waals surface area contributed by atoms with Gasteiger partial charge in [-0.05, 0) is 24.2 Å². The number of carbonyl (C=O) groups excluding carboxylic acids is 1. The third-order valence-electron chi connectivity index (χ3n) is 3.79. The van der Waals surface area contributed by atoms with Crippen molar-refractivity contribution < 1.29 is 4.79 Å². The van der Waals surface area contributed by atoms with Gasteiger partial charge in [0, 0.05) is 19.8 Å². The number of aromatic nitrogens is 2. The van der Waals surface area contributed by atoms with Crippen LogP contribution in [-0.4, -0.2) is 22.2 Å².